The smallest absolute Gasteiger partial charge is 0.197 e. The molecule has 0 saturated heterocycles. The van der Waals surface area contributed by atoms with Crippen LogP contribution in [0.25, 0.3) is 0 Å². The number of Topliss-reactive ketones (excluding diaryl/α,β-unsaturated/α-hetero) is 1. The van der Waals surface area contributed by atoms with Gasteiger partial charge in [-0.25, -0.2) is 0 Å². The summed E-state index contributed by atoms with van der Waals surface area (Å²) in [5.74, 6) is 0.716. The van der Waals surface area contributed by atoms with E-state index in [-0.39, 0.29) is 11.9 Å². The van der Waals surface area contributed by atoms with Crippen LogP contribution in [-0.4, -0.2) is 11.9 Å². The van der Waals surface area contributed by atoms with Crippen molar-refractivity contribution < 1.29 is 9.53 Å². The number of hydrogen-bond donors (Lipinski definition) is 0. The number of carbonyl (C=O) groups is 1. The summed E-state index contributed by atoms with van der Waals surface area (Å²) in [5.41, 5.74) is 2.03. The zero-order chi connectivity index (χ0) is 10.7. The van der Waals surface area contributed by atoms with Gasteiger partial charge in [-0.1, -0.05) is 6.58 Å². The van der Waals surface area contributed by atoms with Crippen LogP contribution in [0.1, 0.15) is 40.0 Å². The highest BCUT2D eigenvalue weighted by atomic mass is 16.5. The SMILES string of the molecule is C=C(C)C(C)OC1=C(C)CCCC1=O. The van der Waals surface area contributed by atoms with Gasteiger partial charge in [-0.3, -0.25) is 4.79 Å². The maximum atomic E-state index is 11.6. The lowest BCUT2D eigenvalue weighted by Gasteiger charge is -2.21. The number of ether oxygens (including phenoxy) is 1. The summed E-state index contributed by atoms with van der Waals surface area (Å²) in [6, 6.07) is 0. The van der Waals surface area contributed by atoms with Gasteiger partial charge in [0.25, 0.3) is 0 Å². The van der Waals surface area contributed by atoms with E-state index in [4.69, 9.17) is 4.74 Å². The summed E-state index contributed by atoms with van der Waals surface area (Å²) in [4.78, 5) is 11.6. The molecule has 0 bridgehead atoms. The van der Waals surface area contributed by atoms with Crippen LogP contribution in [0.3, 0.4) is 0 Å². The minimum Gasteiger partial charge on any atom is -0.483 e. The minimum absolute atomic E-state index is 0.0676. The molecule has 0 aromatic heterocycles. The summed E-state index contributed by atoms with van der Waals surface area (Å²) in [7, 11) is 0. The highest BCUT2D eigenvalue weighted by Gasteiger charge is 2.21. The maximum Gasteiger partial charge on any atom is 0.197 e. The third kappa shape index (κ3) is 2.47. The second kappa shape index (κ2) is 4.45. The van der Waals surface area contributed by atoms with Gasteiger partial charge < -0.3 is 4.74 Å². The fourth-order valence-corrected chi connectivity index (χ4v) is 1.42. The van der Waals surface area contributed by atoms with E-state index in [0.29, 0.717) is 12.2 Å². The van der Waals surface area contributed by atoms with Gasteiger partial charge in [0, 0.05) is 6.42 Å². The molecule has 0 saturated carbocycles. The van der Waals surface area contributed by atoms with Gasteiger partial charge in [-0.15, -0.1) is 0 Å². The van der Waals surface area contributed by atoms with Gasteiger partial charge in [0.1, 0.15) is 6.10 Å². The second-order valence-electron chi connectivity index (χ2n) is 3.99. The normalized spacial score (nSPS) is 19.5. The number of hydrogen-bond acceptors (Lipinski definition) is 2. The molecule has 0 radical (unpaired) electrons. The average Bonchev–Trinajstić information content (AvgIpc) is 2.11. The molecule has 0 heterocycles. The van der Waals surface area contributed by atoms with Gasteiger partial charge in [-0.05, 0) is 44.8 Å². The zero-order valence-electron chi connectivity index (χ0n) is 9.22. The molecule has 2 nitrogen and oxygen atoms in total. The van der Waals surface area contributed by atoms with E-state index in [1.807, 2.05) is 20.8 Å². The Balaban J connectivity index is 2.75. The minimum atomic E-state index is -0.0676. The first-order chi connectivity index (χ1) is 6.52. The molecule has 1 aliphatic rings. The molecule has 0 N–H and O–H groups in total. The summed E-state index contributed by atoms with van der Waals surface area (Å²) in [6.07, 6.45) is 2.49. The summed E-state index contributed by atoms with van der Waals surface area (Å²) in [5, 5.41) is 0. The lowest BCUT2D eigenvalue weighted by atomic mass is 9.98. The number of allylic oxidation sites excluding steroid dienone is 2. The highest BCUT2D eigenvalue weighted by molar-refractivity contribution is 5.94. The Labute approximate surface area is 85.6 Å². The molecular weight excluding hydrogens is 176 g/mol. The van der Waals surface area contributed by atoms with Crippen LogP contribution >= 0.6 is 0 Å². The fourth-order valence-electron chi connectivity index (χ4n) is 1.42. The third-order valence-electron chi connectivity index (χ3n) is 2.59. The Morgan fingerprint density at radius 2 is 2.14 bits per heavy atom. The fraction of sp³-hybridized carbons (Fsp3) is 0.583. The van der Waals surface area contributed by atoms with Crippen molar-refractivity contribution in [3.05, 3.63) is 23.5 Å². The Morgan fingerprint density at radius 3 is 2.64 bits per heavy atom. The average molecular weight is 194 g/mol. The molecule has 2 heteroatoms. The molecule has 14 heavy (non-hydrogen) atoms. The van der Waals surface area contributed by atoms with Crippen molar-refractivity contribution in [2.24, 2.45) is 0 Å². The standard InChI is InChI=1S/C12H18O2/c1-8(2)10(4)14-12-9(3)6-5-7-11(12)13/h10H,1,5-7H2,2-4H3. The van der Waals surface area contributed by atoms with E-state index in [1.165, 1.54) is 0 Å². The second-order valence-corrected chi connectivity index (χ2v) is 3.99. The highest BCUT2D eigenvalue weighted by Crippen LogP contribution is 2.24. The van der Waals surface area contributed by atoms with Crippen LogP contribution in [0, 0.1) is 0 Å². The van der Waals surface area contributed by atoms with E-state index in [1.54, 1.807) is 0 Å². The molecule has 0 fully saturated rings. The van der Waals surface area contributed by atoms with Gasteiger partial charge in [0.05, 0.1) is 0 Å². The molecule has 1 aliphatic carbocycles. The predicted octanol–water partition coefficient (Wildman–Crippen LogP) is 2.99. The monoisotopic (exact) mass is 194 g/mol. The first kappa shape index (κ1) is 11.0. The van der Waals surface area contributed by atoms with Gasteiger partial charge in [0.2, 0.25) is 0 Å². The van der Waals surface area contributed by atoms with Gasteiger partial charge >= 0.3 is 0 Å². The Bertz CT molecular complexity index is 287. The van der Waals surface area contributed by atoms with Crippen LogP contribution < -0.4 is 0 Å². The lowest BCUT2D eigenvalue weighted by molar-refractivity contribution is -0.120. The maximum absolute atomic E-state index is 11.6. The number of rotatable bonds is 3. The molecule has 1 unspecified atom stereocenters. The number of ketones is 1. The van der Waals surface area contributed by atoms with Crippen LogP contribution in [-0.2, 0) is 9.53 Å². The topological polar surface area (TPSA) is 26.3 Å². The van der Waals surface area contributed by atoms with Crippen molar-refractivity contribution >= 4 is 5.78 Å². The quantitative estimate of drug-likeness (QED) is 0.645. The summed E-state index contributed by atoms with van der Waals surface area (Å²) >= 11 is 0. The Morgan fingerprint density at radius 1 is 1.50 bits per heavy atom. The largest absolute Gasteiger partial charge is 0.483 e. The Hall–Kier alpha value is -1.05. The molecule has 0 aromatic rings. The van der Waals surface area contributed by atoms with E-state index in [9.17, 15) is 4.79 Å². The van der Waals surface area contributed by atoms with Crippen molar-refractivity contribution in [2.75, 3.05) is 0 Å². The van der Waals surface area contributed by atoms with E-state index < -0.39 is 0 Å². The van der Waals surface area contributed by atoms with Crippen molar-refractivity contribution in [3.8, 4) is 0 Å². The van der Waals surface area contributed by atoms with Gasteiger partial charge in [0.15, 0.2) is 11.5 Å². The molecule has 1 rings (SSSR count). The molecule has 0 spiro atoms. The third-order valence-corrected chi connectivity index (χ3v) is 2.59. The summed E-state index contributed by atoms with van der Waals surface area (Å²) in [6.45, 7) is 9.61. The van der Waals surface area contributed by atoms with Crippen LogP contribution in [0.4, 0.5) is 0 Å². The number of carbonyl (C=O) groups excluding carboxylic acids is 1. The molecule has 0 amide bonds. The van der Waals surface area contributed by atoms with Crippen molar-refractivity contribution in [1.29, 1.82) is 0 Å². The molecular formula is C12H18O2. The van der Waals surface area contributed by atoms with Gasteiger partial charge in [-0.2, -0.15) is 0 Å². The molecule has 1 atom stereocenters. The molecule has 0 aromatic carbocycles. The zero-order valence-corrected chi connectivity index (χ0v) is 9.22. The van der Waals surface area contributed by atoms with Crippen molar-refractivity contribution in [3.63, 3.8) is 0 Å². The van der Waals surface area contributed by atoms with E-state index in [2.05, 4.69) is 6.58 Å². The molecule has 0 aliphatic heterocycles. The van der Waals surface area contributed by atoms with E-state index >= 15 is 0 Å². The lowest BCUT2D eigenvalue weighted by Crippen LogP contribution is -2.18. The predicted molar refractivity (Wildman–Crippen MR) is 56.9 cm³/mol. The van der Waals surface area contributed by atoms with Crippen LogP contribution in [0.5, 0.6) is 0 Å². The van der Waals surface area contributed by atoms with E-state index in [0.717, 1.165) is 24.0 Å². The van der Waals surface area contributed by atoms with Crippen LogP contribution in [0.2, 0.25) is 0 Å². The molecule has 78 valence electrons. The van der Waals surface area contributed by atoms with Crippen molar-refractivity contribution in [1.82, 2.24) is 0 Å². The first-order valence-corrected chi connectivity index (χ1v) is 5.07. The van der Waals surface area contributed by atoms with Crippen LogP contribution in [0.15, 0.2) is 23.5 Å². The summed E-state index contributed by atoms with van der Waals surface area (Å²) < 4.78 is 5.61. The first-order valence-electron chi connectivity index (χ1n) is 5.07. The Kier molecular flexibility index (Phi) is 3.50. The van der Waals surface area contributed by atoms with Crippen molar-refractivity contribution in [2.45, 2.75) is 46.1 Å².